The molecule has 1 aliphatic carbocycles. The second-order valence-electron chi connectivity index (χ2n) is 7.21. The molecule has 0 aromatic heterocycles. The lowest BCUT2D eigenvalue weighted by Crippen LogP contribution is -2.65. The van der Waals surface area contributed by atoms with Crippen LogP contribution in [0.15, 0.2) is 0 Å². The lowest BCUT2D eigenvalue weighted by Gasteiger charge is -2.53. The van der Waals surface area contributed by atoms with E-state index in [0.717, 1.165) is 19.3 Å². The van der Waals surface area contributed by atoms with Gasteiger partial charge >= 0.3 is 0 Å². The molecule has 0 amide bonds. The van der Waals surface area contributed by atoms with E-state index >= 15 is 0 Å². The van der Waals surface area contributed by atoms with Crippen LogP contribution in [0.5, 0.6) is 0 Å². The summed E-state index contributed by atoms with van der Waals surface area (Å²) >= 11 is 0. The van der Waals surface area contributed by atoms with Crippen molar-refractivity contribution in [2.24, 2.45) is 5.41 Å². The van der Waals surface area contributed by atoms with Crippen LogP contribution >= 0.6 is 0 Å². The van der Waals surface area contributed by atoms with Gasteiger partial charge in [0, 0.05) is 11.8 Å². The molecule has 1 fully saturated rings. The molecule has 1 aliphatic rings. The Morgan fingerprint density at radius 3 is 2.29 bits per heavy atom. The number of hydrogen-bond donors (Lipinski definition) is 4. The molecule has 4 atom stereocenters. The van der Waals surface area contributed by atoms with E-state index in [1.165, 1.54) is 6.92 Å². The summed E-state index contributed by atoms with van der Waals surface area (Å²) in [5, 5.41) is 41.2. The molecule has 21 heavy (non-hydrogen) atoms. The molecule has 0 bridgehead atoms. The Morgan fingerprint density at radius 1 is 1.14 bits per heavy atom. The molecule has 0 radical (unpaired) electrons. The lowest BCUT2D eigenvalue weighted by atomic mass is 9.58. The maximum Gasteiger partial charge on any atom is 0.158 e. The van der Waals surface area contributed by atoms with Gasteiger partial charge < -0.3 is 20.4 Å². The Hall–Kier alpha value is -0.600. The number of aliphatic hydroxyl groups is 4. The number of hydrogen-bond acceptors (Lipinski definition) is 4. The molecular weight excluding hydrogens is 268 g/mol. The normalized spacial score (nSPS) is 36.7. The zero-order valence-electron chi connectivity index (χ0n) is 13.7. The standard InChI is InChI=1S/C17H30O4/c1-5-6-7-8-13(18)9-10-17(21)15(2,3)11-14(19)12-16(17,4)20/h13-14,18-21H,5-8,11-12H2,1-4H3. The molecule has 4 nitrogen and oxygen atoms in total. The molecule has 0 aromatic carbocycles. The maximum absolute atomic E-state index is 10.9. The average molecular weight is 298 g/mol. The molecular formula is C17H30O4. The van der Waals surface area contributed by atoms with Gasteiger partial charge in [-0.2, -0.15) is 0 Å². The van der Waals surface area contributed by atoms with E-state index in [4.69, 9.17) is 0 Å². The highest BCUT2D eigenvalue weighted by Gasteiger charge is 2.59. The second kappa shape index (κ2) is 6.66. The summed E-state index contributed by atoms with van der Waals surface area (Å²) in [5.41, 5.74) is -3.92. The smallest absolute Gasteiger partial charge is 0.158 e. The second-order valence-corrected chi connectivity index (χ2v) is 7.21. The highest BCUT2D eigenvalue weighted by Crippen LogP contribution is 2.48. The summed E-state index contributed by atoms with van der Waals surface area (Å²) < 4.78 is 0. The fourth-order valence-electron chi connectivity index (χ4n) is 3.30. The third kappa shape index (κ3) is 3.98. The zero-order chi connectivity index (χ0) is 16.3. The van der Waals surface area contributed by atoms with Crippen LogP contribution in [0.3, 0.4) is 0 Å². The Labute approximate surface area is 128 Å². The molecule has 0 aromatic rings. The van der Waals surface area contributed by atoms with E-state index in [-0.39, 0.29) is 6.42 Å². The number of unbranched alkanes of at least 4 members (excludes halogenated alkanes) is 2. The predicted octanol–water partition coefficient (Wildman–Crippen LogP) is 1.59. The van der Waals surface area contributed by atoms with E-state index in [9.17, 15) is 20.4 Å². The summed E-state index contributed by atoms with van der Waals surface area (Å²) in [4.78, 5) is 0. The molecule has 4 unspecified atom stereocenters. The van der Waals surface area contributed by atoms with Crippen LogP contribution in [0.4, 0.5) is 0 Å². The van der Waals surface area contributed by atoms with Crippen LogP contribution in [0.25, 0.3) is 0 Å². The van der Waals surface area contributed by atoms with Gasteiger partial charge in [0.2, 0.25) is 0 Å². The SMILES string of the molecule is CCCCCC(O)C#CC1(O)C(C)(C)CC(O)CC1(C)O. The zero-order valence-corrected chi connectivity index (χ0v) is 13.7. The van der Waals surface area contributed by atoms with Gasteiger partial charge in [-0.25, -0.2) is 0 Å². The molecule has 4 N–H and O–H groups in total. The highest BCUT2D eigenvalue weighted by atomic mass is 16.4. The van der Waals surface area contributed by atoms with Crippen molar-refractivity contribution in [2.75, 3.05) is 0 Å². The molecule has 1 rings (SSSR count). The Kier molecular flexibility index (Phi) is 5.85. The number of aliphatic hydroxyl groups excluding tert-OH is 2. The summed E-state index contributed by atoms with van der Waals surface area (Å²) in [6.45, 7) is 7.15. The fourth-order valence-corrected chi connectivity index (χ4v) is 3.30. The first-order chi connectivity index (χ1) is 9.56. The van der Waals surface area contributed by atoms with Crippen molar-refractivity contribution < 1.29 is 20.4 Å². The summed E-state index contributed by atoms with van der Waals surface area (Å²) in [7, 11) is 0. The molecule has 0 aliphatic heterocycles. The van der Waals surface area contributed by atoms with Crippen molar-refractivity contribution in [3.63, 3.8) is 0 Å². The fraction of sp³-hybridized carbons (Fsp3) is 0.882. The summed E-state index contributed by atoms with van der Waals surface area (Å²) in [6, 6.07) is 0. The molecule has 122 valence electrons. The van der Waals surface area contributed by atoms with Gasteiger partial charge in [-0.05, 0) is 26.2 Å². The van der Waals surface area contributed by atoms with Crippen molar-refractivity contribution in [2.45, 2.75) is 89.6 Å². The van der Waals surface area contributed by atoms with Crippen LogP contribution in [-0.2, 0) is 0 Å². The van der Waals surface area contributed by atoms with Crippen LogP contribution in [0.1, 0.15) is 66.2 Å². The monoisotopic (exact) mass is 298 g/mol. The molecule has 4 heteroatoms. The molecule has 0 spiro atoms. The van der Waals surface area contributed by atoms with Gasteiger partial charge in [0.25, 0.3) is 0 Å². The minimum absolute atomic E-state index is 0.0769. The van der Waals surface area contributed by atoms with Crippen molar-refractivity contribution in [3.05, 3.63) is 0 Å². The first kappa shape index (κ1) is 18.4. The molecule has 0 saturated heterocycles. The van der Waals surface area contributed by atoms with Crippen molar-refractivity contribution >= 4 is 0 Å². The van der Waals surface area contributed by atoms with Gasteiger partial charge in [-0.1, -0.05) is 45.5 Å². The largest absolute Gasteiger partial charge is 0.393 e. The highest BCUT2D eigenvalue weighted by molar-refractivity contribution is 5.28. The van der Waals surface area contributed by atoms with Crippen molar-refractivity contribution in [3.8, 4) is 11.8 Å². The average Bonchev–Trinajstić information content (AvgIpc) is 2.32. The third-order valence-corrected chi connectivity index (χ3v) is 4.64. The Bertz CT molecular complexity index is 385. The predicted molar refractivity (Wildman–Crippen MR) is 82.5 cm³/mol. The third-order valence-electron chi connectivity index (χ3n) is 4.64. The minimum atomic E-state index is -1.65. The first-order valence-electron chi connectivity index (χ1n) is 7.89. The van der Waals surface area contributed by atoms with E-state index in [1.807, 2.05) is 0 Å². The van der Waals surface area contributed by atoms with Gasteiger partial charge in [0.1, 0.15) is 11.7 Å². The van der Waals surface area contributed by atoms with E-state index in [0.29, 0.717) is 12.8 Å². The van der Waals surface area contributed by atoms with Crippen LogP contribution in [0, 0.1) is 17.3 Å². The maximum atomic E-state index is 10.9. The Morgan fingerprint density at radius 2 is 1.76 bits per heavy atom. The van der Waals surface area contributed by atoms with E-state index in [1.54, 1.807) is 13.8 Å². The van der Waals surface area contributed by atoms with Crippen molar-refractivity contribution in [1.82, 2.24) is 0 Å². The van der Waals surface area contributed by atoms with Crippen molar-refractivity contribution in [1.29, 1.82) is 0 Å². The summed E-state index contributed by atoms with van der Waals surface area (Å²) in [5.74, 6) is 5.41. The van der Waals surface area contributed by atoms with Gasteiger partial charge in [0.05, 0.1) is 6.10 Å². The molecule has 0 heterocycles. The van der Waals surface area contributed by atoms with Gasteiger partial charge in [-0.3, -0.25) is 0 Å². The van der Waals surface area contributed by atoms with Crippen LogP contribution < -0.4 is 0 Å². The lowest BCUT2D eigenvalue weighted by molar-refractivity contribution is -0.211. The first-order valence-corrected chi connectivity index (χ1v) is 7.89. The van der Waals surface area contributed by atoms with E-state index < -0.39 is 28.8 Å². The van der Waals surface area contributed by atoms with Gasteiger partial charge in [0.15, 0.2) is 5.60 Å². The van der Waals surface area contributed by atoms with Crippen LogP contribution in [0.2, 0.25) is 0 Å². The van der Waals surface area contributed by atoms with Crippen LogP contribution in [-0.4, -0.2) is 43.8 Å². The minimum Gasteiger partial charge on any atom is -0.393 e. The topological polar surface area (TPSA) is 80.9 Å². The van der Waals surface area contributed by atoms with Gasteiger partial charge in [-0.15, -0.1) is 0 Å². The summed E-state index contributed by atoms with van der Waals surface area (Å²) in [6.07, 6.45) is 2.56. The Balaban J connectivity index is 2.91. The molecule has 1 saturated carbocycles. The van der Waals surface area contributed by atoms with E-state index in [2.05, 4.69) is 18.8 Å². The number of rotatable bonds is 4. The quantitative estimate of drug-likeness (QED) is 0.469.